The summed E-state index contributed by atoms with van der Waals surface area (Å²) in [4.78, 5) is 0. The fourth-order valence-corrected chi connectivity index (χ4v) is 2.35. The standard InChI is InChI=1S/C17H20BrNO/c1-3-10-19-12-14-8-9-15(11-13(14)2)20-17-7-5-4-6-16(17)18/h4-9,11,19H,3,10,12H2,1-2H3. The fraction of sp³-hybridized carbons (Fsp3) is 0.294. The summed E-state index contributed by atoms with van der Waals surface area (Å²) in [6.07, 6.45) is 1.16. The summed E-state index contributed by atoms with van der Waals surface area (Å²) in [6, 6.07) is 14.1. The van der Waals surface area contributed by atoms with E-state index in [1.54, 1.807) is 0 Å². The molecule has 1 N–H and O–H groups in total. The van der Waals surface area contributed by atoms with Gasteiger partial charge in [-0.3, -0.25) is 0 Å². The predicted molar refractivity (Wildman–Crippen MR) is 87.4 cm³/mol. The number of ether oxygens (including phenoxy) is 1. The monoisotopic (exact) mass is 333 g/mol. The second kappa shape index (κ2) is 7.46. The predicted octanol–water partition coefficient (Wildman–Crippen LogP) is 5.05. The average Bonchev–Trinajstić information content (AvgIpc) is 2.44. The molecular weight excluding hydrogens is 314 g/mol. The molecule has 0 aliphatic heterocycles. The first-order chi connectivity index (χ1) is 9.70. The highest BCUT2D eigenvalue weighted by molar-refractivity contribution is 9.10. The van der Waals surface area contributed by atoms with E-state index in [-0.39, 0.29) is 0 Å². The van der Waals surface area contributed by atoms with Crippen molar-refractivity contribution in [1.82, 2.24) is 5.32 Å². The highest BCUT2D eigenvalue weighted by Crippen LogP contribution is 2.30. The molecule has 0 aromatic heterocycles. The van der Waals surface area contributed by atoms with Gasteiger partial charge in [0.15, 0.2) is 0 Å². The Labute approximate surface area is 129 Å². The molecular formula is C17H20BrNO. The molecule has 0 amide bonds. The number of rotatable bonds is 6. The van der Waals surface area contributed by atoms with Crippen molar-refractivity contribution in [1.29, 1.82) is 0 Å². The van der Waals surface area contributed by atoms with Gasteiger partial charge in [0.25, 0.3) is 0 Å². The Morgan fingerprint density at radius 2 is 1.95 bits per heavy atom. The molecule has 2 nitrogen and oxygen atoms in total. The molecule has 0 saturated heterocycles. The van der Waals surface area contributed by atoms with E-state index >= 15 is 0 Å². The molecule has 0 unspecified atom stereocenters. The van der Waals surface area contributed by atoms with Crippen LogP contribution in [0.25, 0.3) is 0 Å². The lowest BCUT2D eigenvalue weighted by Crippen LogP contribution is -2.14. The Balaban J connectivity index is 2.07. The van der Waals surface area contributed by atoms with Gasteiger partial charge in [-0.25, -0.2) is 0 Å². The lowest BCUT2D eigenvalue weighted by Gasteiger charge is -2.11. The Hall–Kier alpha value is -1.32. The number of halogens is 1. The maximum Gasteiger partial charge on any atom is 0.141 e. The zero-order valence-electron chi connectivity index (χ0n) is 11.9. The summed E-state index contributed by atoms with van der Waals surface area (Å²) < 4.78 is 6.87. The Morgan fingerprint density at radius 3 is 2.65 bits per heavy atom. The largest absolute Gasteiger partial charge is 0.456 e. The van der Waals surface area contributed by atoms with Crippen molar-refractivity contribution in [2.75, 3.05) is 6.54 Å². The molecule has 0 saturated carbocycles. The van der Waals surface area contributed by atoms with E-state index in [4.69, 9.17) is 4.74 Å². The maximum absolute atomic E-state index is 5.90. The number of para-hydroxylation sites is 1. The van der Waals surface area contributed by atoms with Crippen molar-refractivity contribution in [2.45, 2.75) is 26.8 Å². The lowest BCUT2D eigenvalue weighted by atomic mass is 10.1. The van der Waals surface area contributed by atoms with Gasteiger partial charge in [-0.15, -0.1) is 0 Å². The van der Waals surface area contributed by atoms with Crippen molar-refractivity contribution < 1.29 is 4.74 Å². The first-order valence-electron chi connectivity index (χ1n) is 6.93. The highest BCUT2D eigenvalue weighted by Gasteiger charge is 2.04. The minimum absolute atomic E-state index is 0.837. The van der Waals surface area contributed by atoms with Crippen LogP contribution < -0.4 is 10.1 Å². The summed E-state index contributed by atoms with van der Waals surface area (Å²) in [7, 11) is 0. The van der Waals surface area contributed by atoms with Crippen LogP contribution >= 0.6 is 15.9 Å². The van der Waals surface area contributed by atoms with Gasteiger partial charge in [0.1, 0.15) is 11.5 Å². The molecule has 0 bridgehead atoms. The SMILES string of the molecule is CCCNCc1ccc(Oc2ccccc2Br)cc1C. The molecule has 0 atom stereocenters. The first kappa shape index (κ1) is 15.1. The summed E-state index contributed by atoms with van der Waals surface area (Å²) in [5, 5.41) is 3.42. The third-order valence-corrected chi connectivity index (χ3v) is 3.78. The van der Waals surface area contributed by atoms with Crippen molar-refractivity contribution in [3.05, 3.63) is 58.1 Å². The van der Waals surface area contributed by atoms with Gasteiger partial charge in [0.05, 0.1) is 4.47 Å². The smallest absolute Gasteiger partial charge is 0.141 e. The van der Waals surface area contributed by atoms with Gasteiger partial charge in [0, 0.05) is 6.54 Å². The molecule has 2 aromatic carbocycles. The van der Waals surface area contributed by atoms with Crippen molar-refractivity contribution in [2.24, 2.45) is 0 Å². The third-order valence-electron chi connectivity index (χ3n) is 3.12. The van der Waals surface area contributed by atoms with Crippen molar-refractivity contribution >= 4 is 15.9 Å². The molecule has 0 aliphatic rings. The lowest BCUT2D eigenvalue weighted by molar-refractivity contribution is 0.479. The van der Waals surface area contributed by atoms with Crippen LogP contribution in [0.2, 0.25) is 0 Å². The van der Waals surface area contributed by atoms with Crippen molar-refractivity contribution in [3.8, 4) is 11.5 Å². The van der Waals surface area contributed by atoms with Gasteiger partial charge < -0.3 is 10.1 Å². The van der Waals surface area contributed by atoms with Gasteiger partial charge >= 0.3 is 0 Å². The van der Waals surface area contributed by atoms with E-state index in [0.29, 0.717) is 0 Å². The highest BCUT2D eigenvalue weighted by atomic mass is 79.9. The van der Waals surface area contributed by atoms with E-state index in [1.165, 1.54) is 11.1 Å². The number of hydrogen-bond acceptors (Lipinski definition) is 2. The first-order valence-corrected chi connectivity index (χ1v) is 7.72. The van der Waals surface area contributed by atoms with Crippen LogP contribution in [0.5, 0.6) is 11.5 Å². The Bertz CT molecular complexity index is 569. The Morgan fingerprint density at radius 1 is 1.15 bits per heavy atom. The molecule has 2 rings (SSSR count). The van der Waals surface area contributed by atoms with Gasteiger partial charge in [0.2, 0.25) is 0 Å². The summed E-state index contributed by atoms with van der Waals surface area (Å²) in [5.74, 6) is 1.71. The molecule has 0 fully saturated rings. The van der Waals surface area contributed by atoms with Crippen LogP contribution in [0, 0.1) is 6.92 Å². The zero-order chi connectivity index (χ0) is 14.4. The molecule has 0 spiro atoms. The fourth-order valence-electron chi connectivity index (χ4n) is 1.98. The molecule has 20 heavy (non-hydrogen) atoms. The quantitative estimate of drug-likeness (QED) is 0.747. The third kappa shape index (κ3) is 4.09. The maximum atomic E-state index is 5.90. The zero-order valence-corrected chi connectivity index (χ0v) is 13.5. The number of benzene rings is 2. The minimum atomic E-state index is 0.837. The van der Waals surface area contributed by atoms with E-state index in [2.05, 4.69) is 47.2 Å². The summed E-state index contributed by atoms with van der Waals surface area (Å²) >= 11 is 3.49. The van der Waals surface area contributed by atoms with E-state index in [9.17, 15) is 0 Å². The summed E-state index contributed by atoms with van der Waals surface area (Å²) in [5.41, 5.74) is 2.57. The van der Waals surface area contributed by atoms with Crippen LogP contribution in [-0.4, -0.2) is 6.54 Å². The molecule has 106 valence electrons. The van der Waals surface area contributed by atoms with Gasteiger partial charge in [-0.2, -0.15) is 0 Å². The topological polar surface area (TPSA) is 21.3 Å². The van der Waals surface area contributed by atoms with Crippen LogP contribution in [0.3, 0.4) is 0 Å². The van der Waals surface area contributed by atoms with Crippen LogP contribution in [0.1, 0.15) is 24.5 Å². The number of aryl methyl sites for hydroxylation is 1. The average molecular weight is 334 g/mol. The molecule has 0 aliphatic carbocycles. The molecule has 0 radical (unpaired) electrons. The van der Waals surface area contributed by atoms with E-state index in [1.807, 2.05) is 30.3 Å². The van der Waals surface area contributed by atoms with Crippen LogP contribution in [0.4, 0.5) is 0 Å². The number of nitrogens with one attached hydrogen (secondary N) is 1. The normalized spacial score (nSPS) is 10.6. The van der Waals surface area contributed by atoms with Crippen LogP contribution in [0.15, 0.2) is 46.9 Å². The van der Waals surface area contributed by atoms with E-state index < -0.39 is 0 Å². The van der Waals surface area contributed by atoms with Gasteiger partial charge in [-0.1, -0.05) is 25.1 Å². The van der Waals surface area contributed by atoms with Crippen molar-refractivity contribution in [3.63, 3.8) is 0 Å². The second-order valence-electron chi connectivity index (χ2n) is 4.80. The Kier molecular flexibility index (Phi) is 5.62. The van der Waals surface area contributed by atoms with E-state index in [0.717, 1.165) is 35.5 Å². The molecule has 0 heterocycles. The molecule has 3 heteroatoms. The molecule has 2 aromatic rings. The number of hydrogen-bond donors (Lipinski definition) is 1. The van der Waals surface area contributed by atoms with Gasteiger partial charge in [-0.05, 0) is 71.2 Å². The summed E-state index contributed by atoms with van der Waals surface area (Å²) in [6.45, 7) is 6.26. The minimum Gasteiger partial charge on any atom is -0.456 e. The van der Waals surface area contributed by atoms with Crippen LogP contribution in [-0.2, 0) is 6.54 Å². The second-order valence-corrected chi connectivity index (χ2v) is 5.65.